The number of carbonyl (C=O) groups is 1. The van der Waals surface area contributed by atoms with Crippen LogP contribution in [0.1, 0.15) is 28.0 Å². The predicted molar refractivity (Wildman–Crippen MR) is 122 cm³/mol. The van der Waals surface area contributed by atoms with Crippen molar-refractivity contribution >= 4 is 29.1 Å². The molecule has 5 rings (SSSR count). The number of alkyl halides is 2. The summed E-state index contributed by atoms with van der Waals surface area (Å²) in [4.78, 5) is 21.5. The molecule has 0 fully saturated rings. The van der Waals surface area contributed by atoms with Crippen LogP contribution in [-0.2, 0) is 6.54 Å². The van der Waals surface area contributed by atoms with Crippen LogP contribution in [0.5, 0.6) is 0 Å². The molecule has 1 N–H and O–H groups in total. The molecule has 0 unspecified atom stereocenters. The molecule has 0 aliphatic rings. The van der Waals surface area contributed by atoms with E-state index in [0.29, 0.717) is 22.8 Å². The zero-order chi connectivity index (χ0) is 23.7. The summed E-state index contributed by atoms with van der Waals surface area (Å²) in [7, 11) is 0. The van der Waals surface area contributed by atoms with Crippen LogP contribution in [0.25, 0.3) is 16.9 Å². The summed E-state index contributed by atoms with van der Waals surface area (Å²) in [6, 6.07) is 17.4. The number of nitrogens with zero attached hydrogens (tertiary/aromatic N) is 6. The molecule has 0 saturated heterocycles. The molecule has 170 valence electrons. The van der Waals surface area contributed by atoms with Gasteiger partial charge in [-0.1, -0.05) is 54.1 Å². The summed E-state index contributed by atoms with van der Waals surface area (Å²) < 4.78 is 30.0. The minimum Gasteiger partial charge on any atom is -0.289 e. The molecular formula is C23H16ClF2N7O. The van der Waals surface area contributed by atoms with E-state index in [2.05, 4.69) is 25.5 Å². The van der Waals surface area contributed by atoms with Crippen molar-refractivity contribution in [2.24, 2.45) is 0 Å². The summed E-state index contributed by atoms with van der Waals surface area (Å²) >= 11 is 5.90. The Bertz CT molecular complexity index is 1470. The molecule has 2 aromatic carbocycles. The van der Waals surface area contributed by atoms with Crippen molar-refractivity contribution in [1.29, 1.82) is 0 Å². The first-order valence-electron chi connectivity index (χ1n) is 10.2. The molecule has 11 heteroatoms. The summed E-state index contributed by atoms with van der Waals surface area (Å²) in [5, 5.41) is 11.4. The number of fused-ring (bicyclic) bond motifs is 1. The smallest absolute Gasteiger partial charge is 0.280 e. The van der Waals surface area contributed by atoms with Gasteiger partial charge in [-0.05, 0) is 23.8 Å². The molecule has 3 heterocycles. The Morgan fingerprint density at radius 2 is 1.85 bits per heavy atom. The van der Waals surface area contributed by atoms with Crippen LogP contribution in [0.4, 0.5) is 14.7 Å². The van der Waals surface area contributed by atoms with Gasteiger partial charge in [0.2, 0.25) is 5.95 Å². The first kappa shape index (κ1) is 21.7. The van der Waals surface area contributed by atoms with Gasteiger partial charge in [0.15, 0.2) is 5.65 Å². The molecule has 0 bridgehead atoms. The van der Waals surface area contributed by atoms with E-state index in [1.807, 2.05) is 18.2 Å². The van der Waals surface area contributed by atoms with E-state index in [1.165, 1.54) is 18.6 Å². The maximum atomic E-state index is 13.7. The largest absolute Gasteiger partial charge is 0.289 e. The van der Waals surface area contributed by atoms with Gasteiger partial charge in [-0.2, -0.15) is 5.10 Å². The van der Waals surface area contributed by atoms with E-state index >= 15 is 0 Å². The van der Waals surface area contributed by atoms with Crippen molar-refractivity contribution < 1.29 is 13.6 Å². The lowest BCUT2D eigenvalue weighted by atomic mass is 10.1. The maximum absolute atomic E-state index is 13.7. The number of amides is 1. The Morgan fingerprint density at radius 1 is 1.09 bits per heavy atom. The second kappa shape index (κ2) is 8.99. The average Bonchev–Trinajstić information content (AvgIpc) is 3.47. The normalized spacial score (nSPS) is 11.3. The molecule has 3 aromatic heterocycles. The molecule has 1 amide bonds. The first-order chi connectivity index (χ1) is 16.5. The Morgan fingerprint density at radius 3 is 2.59 bits per heavy atom. The first-order valence-corrected chi connectivity index (χ1v) is 10.5. The lowest BCUT2D eigenvalue weighted by Gasteiger charge is -2.08. The molecule has 0 aliphatic carbocycles. The fourth-order valence-electron chi connectivity index (χ4n) is 3.43. The van der Waals surface area contributed by atoms with Gasteiger partial charge >= 0.3 is 0 Å². The van der Waals surface area contributed by atoms with Gasteiger partial charge in [-0.3, -0.25) is 10.1 Å². The molecule has 0 spiro atoms. The summed E-state index contributed by atoms with van der Waals surface area (Å²) in [5.41, 5.74) is 1.56. The third-order valence-electron chi connectivity index (χ3n) is 5.06. The van der Waals surface area contributed by atoms with Crippen LogP contribution in [0.3, 0.4) is 0 Å². The summed E-state index contributed by atoms with van der Waals surface area (Å²) in [6.45, 7) is 0.427. The molecule has 0 aliphatic heterocycles. The van der Waals surface area contributed by atoms with Crippen LogP contribution >= 0.6 is 11.6 Å². The van der Waals surface area contributed by atoms with Crippen molar-refractivity contribution in [3.8, 4) is 11.3 Å². The predicted octanol–water partition coefficient (Wildman–Crippen LogP) is 4.88. The monoisotopic (exact) mass is 479 g/mol. The second-order valence-electron chi connectivity index (χ2n) is 7.37. The summed E-state index contributed by atoms with van der Waals surface area (Å²) in [5.74, 6) is -0.552. The Balaban J connectivity index is 1.43. The number of halogens is 3. The standard InChI is InChI=1S/C23H16ClF2N7O/c24-16-8-6-14(7-9-16)12-32-13-27-23(31-32)30-22(34)17-11-28-33-19(20(25)26)10-18(29-21(17)33)15-4-2-1-3-5-15/h1-11,13,20H,12H2,(H,30,31,34). The lowest BCUT2D eigenvalue weighted by molar-refractivity contribution is 0.102. The summed E-state index contributed by atoms with van der Waals surface area (Å²) in [6.07, 6.45) is -0.140. The van der Waals surface area contributed by atoms with Crippen LogP contribution in [0, 0.1) is 0 Å². The van der Waals surface area contributed by atoms with Crippen LogP contribution in [0.2, 0.25) is 5.02 Å². The van der Waals surface area contributed by atoms with E-state index in [1.54, 1.807) is 41.1 Å². The Kier molecular flexibility index (Phi) is 5.72. The van der Waals surface area contributed by atoms with Gasteiger partial charge in [-0.15, -0.1) is 5.10 Å². The minimum atomic E-state index is -2.81. The van der Waals surface area contributed by atoms with Crippen molar-refractivity contribution in [2.45, 2.75) is 13.0 Å². The zero-order valence-corrected chi connectivity index (χ0v) is 18.2. The lowest BCUT2D eigenvalue weighted by Crippen LogP contribution is -2.14. The molecule has 5 aromatic rings. The quantitative estimate of drug-likeness (QED) is 0.375. The highest BCUT2D eigenvalue weighted by atomic mass is 35.5. The third kappa shape index (κ3) is 4.35. The minimum absolute atomic E-state index is 0.00903. The van der Waals surface area contributed by atoms with Crippen LogP contribution in [-0.4, -0.2) is 35.3 Å². The Labute approximate surface area is 196 Å². The number of aromatic nitrogens is 6. The van der Waals surface area contributed by atoms with Gasteiger partial charge in [0, 0.05) is 10.6 Å². The second-order valence-corrected chi connectivity index (χ2v) is 7.81. The van der Waals surface area contributed by atoms with Gasteiger partial charge in [0.25, 0.3) is 12.3 Å². The van der Waals surface area contributed by atoms with Gasteiger partial charge < -0.3 is 0 Å². The highest BCUT2D eigenvalue weighted by Gasteiger charge is 2.22. The van der Waals surface area contributed by atoms with Crippen molar-refractivity contribution in [1.82, 2.24) is 29.4 Å². The zero-order valence-electron chi connectivity index (χ0n) is 17.4. The average molecular weight is 480 g/mol. The fraction of sp³-hybridized carbons (Fsp3) is 0.0870. The maximum Gasteiger partial charge on any atom is 0.280 e. The van der Waals surface area contributed by atoms with Gasteiger partial charge in [0.1, 0.15) is 17.6 Å². The molecule has 34 heavy (non-hydrogen) atoms. The molecule has 0 atom stereocenters. The van der Waals surface area contributed by atoms with E-state index < -0.39 is 12.3 Å². The van der Waals surface area contributed by atoms with Crippen molar-refractivity contribution in [2.75, 3.05) is 5.32 Å². The number of anilines is 1. The number of hydrogen-bond acceptors (Lipinski definition) is 5. The number of carbonyl (C=O) groups excluding carboxylic acids is 1. The highest BCUT2D eigenvalue weighted by molar-refractivity contribution is 6.30. The van der Waals surface area contributed by atoms with Crippen molar-refractivity contribution in [3.05, 3.63) is 95.0 Å². The molecule has 8 nitrogen and oxygen atoms in total. The molecule has 0 radical (unpaired) electrons. The Hall–Kier alpha value is -4.18. The van der Waals surface area contributed by atoms with Crippen LogP contribution < -0.4 is 5.32 Å². The van der Waals surface area contributed by atoms with E-state index in [0.717, 1.165) is 10.1 Å². The molecular weight excluding hydrogens is 464 g/mol. The van der Waals surface area contributed by atoms with E-state index in [9.17, 15) is 13.6 Å². The van der Waals surface area contributed by atoms with Gasteiger partial charge in [-0.25, -0.2) is 27.9 Å². The third-order valence-corrected chi connectivity index (χ3v) is 5.31. The molecule has 0 saturated carbocycles. The SMILES string of the molecule is O=C(Nc1ncn(Cc2ccc(Cl)cc2)n1)c1cnn2c(C(F)F)cc(-c3ccccc3)nc12. The number of hydrogen-bond donors (Lipinski definition) is 1. The topological polar surface area (TPSA) is 90.0 Å². The van der Waals surface area contributed by atoms with Crippen LogP contribution in [0.15, 0.2) is 73.2 Å². The van der Waals surface area contributed by atoms with E-state index in [4.69, 9.17) is 11.6 Å². The number of rotatable bonds is 6. The van der Waals surface area contributed by atoms with Crippen molar-refractivity contribution in [3.63, 3.8) is 0 Å². The van der Waals surface area contributed by atoms with E-state index in [-0.39, 0.29) is 22.9 Å². The number of benzene rings is 2. The van der Waals surface area contributed by atoms with Gasteiger partial charge in [0.05, 0.1) is 18.4 Å². The number of nitrogens with one attached hydrogen (secondary N) is 1. The highest BCUT2D eigenvalue weighted by Crippen LogP contribution is 2.27. The fourth-order valence-corrected chi connectivity index (χ4v) is 3.56.